The summed E-state index contributed by atoms with van der Waals surface area (Å²) in [4.78, 5) is 22.2. The van der Waals surface area contributed by atoms with E-state index in [0.717, 1.165) is 5.69 Å². The van der Waals surface area contributed by atoms with E-state index < -0.39 is 5.97 Å². The molecule has 82 valence electrons. The highest BCUT2D eigenvalue weighted by Crippen LogP contribution is 2.01. The second-order valence-electron chi connectivity index (χ2n) is 3.44. The Morgan fingerprint density at radius 2 is 2.13 bits per heavy atom. The van der Waals surface area contributed by atoms with Crippen molar-refractivity contribution in [2.45, 2.75) is 33.2 Å². The standard InChI is InChI=1S/C11H15NO3/c1-3-12-8(2)4-5-9(11(12)15)6-7-10(13)14/h4-5H,3,6-7H2,1-2H3,(H,13,14). The number of carboxylic acids is 1. The van der Waals surface area contributed by atoms with Crippen molar-refractivity contribution < 1.29 is 9.90 Å². The summed E-state index contributed by atoms with van der Waals surface area (Å²) in [6, 6.07) is 3.56. The first-order valence-corrected chi connectivity index (χ1v) is 4.97. The van der Waals surface area contributed by atoms with Gasteiger partial charge < -0.3 is 9.67 Å². The first-order chi connectivity index (χ1) is 7.06. The molecule has 4 nitrogen and oxygen atoms in total. The van der Waals surface area contributed by atoms with Gasteiger partial charge in [-0.05, 0) is 26.3 Å². The molecule has 1 aromatic heterocycles. The monoisotopic (exact) mass is 209 g/mol. The minimum Gasteiger partial charge on any atom is -0.481 e. The van der Waals surface area contributed by atoms with Crippen LogP contribution in [0.1, 0.15) is 24.6 Å². The predicted molar refractivity (Wildman–Crippen MR) is 57.1 cm³/mol. The predicted octanol–water partition coefficient (Wildman–Crippen LogP) is 1.19. The summed E-state index contributed by atoms with van der Waals surface area (Å²) in [5.74, 6) is -0.877. The van der Waals surface area contributed by atoms with Gasteiger partial charge >= 0.3 is 5.97 Å². The number of aromatic nitrogens is 1. The highest BCUT2D eigenvalue weighted by Gasteiger charge is 2.06. The van der Waals surface area contributed by atoms with Gasteiger partial charge in [0.25, 0.3) is 5.56 Å². The van der Waals surface area contributed by atoms with Gasteiger partial charge in [0.05, 0.1) is 0 Å². The van der Waals surface area contributed by atoms with Gasteiger partial charge in [0.1, 0.15) is 0 Å². The minimum atomic E-state index is -0.877. The molecule has 15 heavy (non-hydrogen) atoms. The Morgan fingerprint density at radius 1 is 1.47 bits per heavy atom. The Kier molecular flexibility index (Phi) is 3.66. The molecule has 0 radical (unpaired) electrons. The zero-order valence-electron chi connectivity index (χ0n) is 8.99. The molecule has 1 heterocycles. The van der Waals surface area contributed by atoms with Gasteiger partial charge in [-0.25, -0.2) is 0 Å². The molecule has 0 saturated carbocycles. The number of hydrogen-bond acceptors (Lipinski definition) is 2. The Morgan fingerprint density at radius 3 is 2.67 bits per heavy atom. The van der Waals surface area contributed by atoms with E-state index in [0.29, 0.717) is 18.5 Å². The third-order valence-electron chi connectivity index (χ3n) is 2.40. The normalized spacial score (nSPS) is 10.3. The SMILES string of the molecule is CCn1c(C)ccc(CCC(=O)O)c1=O. The first-order valence-electron chi connectivity index (χ1n) is 4.97. The number of carboxylic acid groups (broad SMARTS) is 1. The van der Waals surface area contributed by atoms with Crippen molar-refractivity contribution in [2.24, 2.45) is 0 Å². The maximum atomic E-state index is 11.8. The van der Waals surface area contributed by atoms with Crippen LogP contribution >= 0.6 is 0 Å². The van der Waals surface area contributed by atoms with E-state index in [1.54, 1.807) is 10.6 Å². The van der Waals surface area contributed by atoms with E-state index >= 15 is 0 Å². The second-order valence-corrected chi connectivity index (χ2v) is 3.44. The molecule has 0 fully saturated rings. The fourth-order valence-corrected chi connectivity index (χ4v) is 1.54. The van der Waals surface area contributed by atoms with Gasteiger partial charge in [-0.1, -0.05) is 6.07 Å². The summed E-state index contributed by atoms with van der Waals surface area (Å²) in [5.41, 5.74) is 1.41. The zero-order valence-corrected chi connectivity index (χ0v) is 8.99. The van der Waals surface area contributed by atoms with Crippen molar-refractivity contribution >= 4 is 5.97 Å². The molecule has 4 heteroatoms. The lowest BCUT2D eigenvalue weighted by atomic mass is 10.1. The van der Waals surface area contributed by atoms with Crippen molar-refractivity contribution in [3.63, 3.8) is 0 Å². The molecule has 1 N–H and O–H groups in total. The van der Waals surface area contributed by atoms with E-state index in [1.807, 2.05) is 19.9 Å². The Labute approximate surface area is 88.2 Å². The molecular weight excluding hydrogens is 194 g/mol. The topological polar surface area (TPSA) is 59.3 Å². The molecule has 1 aromatic rings. The largest absolute Gasteiger partial charge is 0.481 e. The fourth-order valence-electron chi connectivity index (χ4n) is 1.54. The lowest BCUT2D eigenvalue weighted by Gasteiger charge is -2.08. The molecule has 1 rings (SSSR count). The summed E-state index contributed by atoms with van der Waals surface area (Å²) >= 11 is 0. The van der Waals surface area contributed by atoms with Gasteiger partial charge in [-0.15, -0.1) is 0 Å². The Bertz CT molecular complexity index is 420. The molecule has 0 aromatic carbocycles. The highest BCUT2D eigenvalue weighted by atomic mass is 16.4. The van der Waals surface area contributed by atoms with Crippen LogP contribution in [0.3, 0.4) is 0 Å². The van der Waals surface area contributed by atoms with E-state index in [-0.39, 0.29) is 12.0 Å². The van der Waals surface area contributed by atoms with Crippen LogP contribution in [-0.4, -0.2) is 15.6 Å². The molecule has 0 aliphatic carbocycles. The Balaban J connectivity index is 3.00. The lowest BCUT2D eigenvalue weighted by molar-refractivity contribution is -0.136. The van der Waals surface area contributed by atoms with E-state index in [4.69, 9.17) is 5.11 Å². The van der Waals surface area contributed by atoms with Crippen molar-refractivity contribution in [1.29, 1.82) is 0 Å². The van der Waals surface area contributed by atoms with Crippen LogP contribution < -0.4 is 5.56 Å². The maximum Gasteiger partial charge on any atom is 0.303 e. The summed E-state index contributed by atoms with van der Waals surface area (Å²) in [6.07, 6.45) is 0.302. The number of aliphatic carboxylic acids is 1. The van der Waals surface area contributed by atoms with E-state index in [1.165, 1.54) is 0 Å². The summed E-state index contributed by atoms with van der Waals surface area (Å²) in [5, 5.41) is 8.54. The van der Waals surface area contributed by atoms with Gasteiger partial charge in [0, 0.05) is 24.2 Å². The average Bonchev–Trinajstić information content (AvgIpc) is 2.17. The molecule has 0 saturated heterocycles. The summed E-state index contributed by atoms with van der Waals surface area (Å²) in [7, 11) is 0. The van der Waals surface area contributed by atoms with Crippen molar-refractivity contribution in [1.82, 2.24) is 4.57 Å². The van der Waals surface area contributed by atoms with Crippen LogP contribution in [0.5, 0.6) is 0 Å². The molecule has 0 spiro atoms. The van der Waals surface area contributed by atoms with Crippen LogP contribution in [-0.2, 0) is 17.8 Å². The van der Waals surface area contributed by atoms with Crippen LogP contribution in [0.25, 0.3) is 0 Å². The number of rotatable bonds is 4. The minimum absolute atomic E-state index is 0.00200. The van der Waals surface area contributed by atoms with Crippen molar-refractivity contribution in [3.8, 4) is 0 Å². The molecule has 0 aliphatic heterocycles. The average molecular weight is 209 g/mol. The number of carbonyl (C=O) groups is 1. The number of hydrogen-bond donors (Lipinski definition) is 1. The Hall–Kier alpha value is -1.58. The molecule has 0 unspecified atom stereocenters. The van der Waals surface area contributed by atoms with Crippen LogP contribution in [0.4, 0.5) is 0 Å². The van der Waals surface area contributed by atoms with Gasteiger partial charge in [-0.2, -0.15) is 0 Å². The molecule has 0 amide bonds. The number of aryl methyl sites for hydroxylation is 2. The van der Waals surface area contributed by atoms with E-state index in [9.17, 15) is 9.59 Å². The fraction of sp³-hybridized carbons (Fsp3) is 0.455. The molecule has 0 aliphatic rings. The maximum absolute atomic E-state index is 11.8. The number of pyridine rings is 1. The number of nitrogens with zero attached hydrogens (tertiary/aromatic N) is 1. The molecule has 0 bridgehead atoms. The van der Waals surface area contributed by atoms with Crippen LogP contribution in [0.2, 0.25) is 0 Å². The molecular formula is C11H15NO3. The van der Waals surface area contributed by atoms with Crippen molar-refractivity contribution in [3.05, 3.63) is 33.7 Å². The van der Waals surface area contributed by atoms with Crippen LogP contribution in [0, 0.1) is 6.92 Å². The zero-order chi connectivity index (χ0) is 11.4. The van der Waals surface area contributed by atoms with Crippen LogP contribution in [0.15, 0.2) is 16.9 Å². The van der Waals surface area contributed by atoms with Crippen molar-refractivity contribution in [2.75, 3.05) is 0 Å². The second kappa shape index (κ2) is 4.77. The summed E-state index contributed by atoms with van der Waals surface area (Å²) in [6.45, 7) is 4.38. The van der Waals surface area contributed by atoms with Gasteiger partial charge in [0.2, 0.25) is 0 Å². The van der Waals surface area contributed by atoms with Gasteiger partial charge in [-0.3, -0.25) is 9.59 Å². The summed E-state index contributed by atoms with van der Waals surface area (Å²) < 4.78 is 1.65. The highest BCUT2D eigenvalue weighted by molar-refractivity contribution is 5.67. The lowest BCUT2D eigenvalue weighted by Crippen LogP contribution is -2.25. The van der Waals surface area contributed by atoms with Gasteiger partial charge in [0.15, 0.2) is 0 Å². The van der Waals surface area contributed by atoms with E-state index in [2.05, 4.69) is 0 Å². The molecule has 0 atom stereocenters. The smallest absolute Gasteiger partial charge is 0.303 e. The quantitative estimate of drug-likeness (QED) is 0.810. The third-order valence-corrected chi connectivity index (χ3v) is 2.40. The first kappa shape index (κ1) is 11.5. The third kappa shape index (κ3) is 2.68.